The van der Waals surface area contributed by atoms with Gasteiger partial charge in [0.25, 0.3) is 5.91 Å². The van der Waals surface area contributed by atoms with Gasteiger partial charge in [0.15, 0.2) is 0 Å². The zero-order valence-electron chi connectivity index (χ0n) is 11.2. The molecule has 1 aromatic heterocycles. The van der Waals surface area contributed by atoms with Gasteiger partial charge in [0.1, 0.15) is 18.1 Å². The average Bonchev–Trinajstić information content (AvgIpc) is 2.54. The molecular formula is C15H14N4O2. The molecule has 1 heterocycles. The highest BCUT2D eigenvalue weighted by atomic mass is 16.5. The summed E-state index contributed by atoms with van der Waals surface area (Å²) in [6, 6.07) is 14.4. The van der Waals surface area contributed by atoms with E-state index in [0.29, 0.717) is 17.9 Å². The molecule has 0 unspecified atom stereocenters. The summed E-state index contributed by atoms with van der Waals surface area (Å²) in [6.07, 6.45) is 0.373. The van der Waals surface area contributed by atoms with Gasteiger partial charge in [-0.2, -0.15) is 5.26 Å². The van der Waals surface area contributed by atoms with Crippen molar-refractivity contribution in [1.82, 2.24) is 10.4 Å². The third kappa shape index (κ3) is 4.03. The Bertz CT molecular complexity index is 662. The number of benzene rings is 1. The SMILES string of the molecule is N#CCc1ccc(OCc2cccc(C(=O)NN)n2)cc1. The highest BCUT2D eigenvalue weighted by molar-refractivity contribution is 5.91. The van der Waals surface area contributed by atoms with Crippen LogP contribution in [0.4, 0.5) is 0 Å². The lowest BCUT2D eigenvalue weighted by molar-refractivity contribution is 0.0948. The summed E-state index contributed by atoms with van der Waals surface area (Å²) >= 11 is 0. The van der Waals surface area contributed by atoms with Crippen molar-refractivity contribution in [3.8, 4) is 11.8 Å². The van der Waals surface area contributed by atoms with Crippen LogP contribution < -0.4 is 16.0 Å². The van der Waals surface area contributed by atoms with E-state index in [1.807, 2.05) is 17.6 Å². The van der Waals surface area contributed by atoms with E-state index < -0.39 is 5.91 Å². The second-order valence-corrected chi connectivity index (χ2v) is 4.26. The monoisotopic (exact) mass is 282 g/mol. The molecule has 0 fully saturated rings. The molecule has 0 saturated carbocycles. The highest BCUT2D eigenvalue weighted by Crippen LogP contribution is 2.14. The van der Waals surface area contributed by atoms with Gasteiger partial charge in [-0.25, -0.2) is 10.8 Å². The molecule has 0 aliphatic carbocycles. The molecule has 106 valence electrons. The van der Waals surface area contributed by atoms with E-state index in [2.05, 4.69) is 11.1 Å². The van der Waals surface area contributed by atoms with Crippen molar-refractivity contribution >= 4 is 5.91 Å². The van der Waals surface area contributed by atoms with Crippen LogP contribution in [0.15, 0.2) is 42.5 Å². The number of nitrogens with zero attached hydrogens (tertiary/aromatic N) is 2. The first-order valence-electron chi connectivity index (χ1n) is 6.28. The largest absolute Gasteiger partial charge is 0.487 e. The Hall–Kier alpha value is -2.91. The molecule has 0 aliphatic heterocycles. The van der Waals surface area contributed by atoms with E-state index in [0.717, 1.165) is 5.56 Å². The molecule has 6 nitrogen and oxygen atoms in total. The fraction of sp³-hybridized carbons (Fsp3) is 0.133. The van der Waals surface area contributed by atoms with Crippen LogP contribution in [-0.2, 0) is 13.0 Å². The summed E-state index contributed by atoms with van der Waals surface area (Å²) in [7, 11) is 0. The number of hydrogen-bond donors (Lipinski definition) is 2. The summed E-state index contributed by atoms with van der Waals surface area (Å²) in [5, 5.41) is 8.60. The Balaban J connectivity index is 1.99. The molecule has 0 spiro atoms. The van der Waals surface area contributed by atoms with Crippen molar-refractivity contribution < 1.29 is 9.53 Å². The van der Waals surface area contributed by atoms with E-state index >= 15 is 0 Å². The number of nitrogens with two attached hydrogens (primary N) is 1. The smallest absolute Gasteiger partial charge is 0.283 e. The Morgan fingerprint density at radius 2 is 2.05 bits per heavy atom. The maximum atomic E-state index is 11.4. The number of nitrogens with one attached hydrogen (secondary N) is 1. The van der Waals surface area contributed by atoms with E-state index in [1.54, 1.807) is 30.3 Å². The topological polar surface area (TPSA) is 101 Å². The second kappa shape index (κ2) is 7.03. The predicted molar refractivity (Wildman–Crippen MR) is 76.0 cm³/mol. The number of carbonyl (C=O) groups excluding carboxylic acids is 1. The number of pyridine rings is 1. The third-order valence-electron chi connectivity index (χ3n) is 2.76. The van der Waals surface area contributed by atoms with Gasteiger partial charge in [-0.15, -0.1) is 0 Å². The van der Waals surface area contributed by atoms with Crippen LogP contribution >= 0.6 is 0 Å². The number of aromatic nitrogens is 1. The van der Waals surface area contributed by atoms with Crippen LogP contribution in [0.25, 0.3) is 0 Å². The Kier molecular flexibility index (Phi) is 4.85. The summed E-state index contributed by atoms with van der Waals surface area (Å²) in [5.74, 6) is 5.29. The molecule has 0 aliphatic rings. The second-order valence-electron chi connectivity index (χ2n) is 4.26. The maximum Gasteiger partial charge on any atom is 0.283 e. The van der Waals surface area contributed by atoms with Crippen LogP contribution in [0.2, 0.25) is 0 Å². The molecular weight excluding hydrogens is 268 g/mol. The first-order valence-corrected chi connectivity index (χ1v) is 6.28. The summed E-state index contributed by atoms with van der Waals surface area (Å²) in [5.41, 5.74) is 3.83. The average molecular weight is 282 g/mol. The lowest BCUT2D eigenvalue weighted by Gasteiger charge is -2.07. The number of carbonyl (C=O) groups is 1. The van der Waals surface area contributed by atoms with Crippen molar-refractivity contribution in [2.75, 3.05) is 0 Å². The molecule has 0 atom stereocenters. The van der Waals surface area contributed by atoms with Crippen LogP contribution in [0.3, 0.4) is 0 Å². The first kappa shape index (κ1) is 14.5. The van der Waals surface area contributed by atoms with Crippen LogP contribution in [0.5, 0.6) is 5.75 Å². The molecule has 0 saturated heterocycles. The lowest BCUT2D eigenvalue weighted by Crippen LogP contribution is -2.30. The van der Waals surface area contributed by atoms with E-state index in [9.17, 15) is 4.79 Å². The fourth-order valence-electron chi connectivity index (χ4n) is 1.71. The number of amides is 1. The Labute approximate surface area is 122 Å². The molecule has 3 N–H and O–H groups in total. The van der Waals surface area contributed by atoms with E-state index in [1.165, 1.54) is 0 Å². The number of ether oxygens (including phenoxy) is 1. The van der Waals surface area contributed by atoms with Gasteiger partial charge in [-0.1, -0.05) is 18.2 Å². The minimum atomic E-state index is -0.447. The molecule has 1 aromatic carbocycles. The molecule has 1 amide bonds. The van der Waals surface area contributed by atoms with Crippen LogP contribution in [-0.4, -0.2) is 10.9 Å². The van der Waals surface area contributed by atoms with Gasteiger partial charge in [-0.05, 0) is 29.8 Å². The van der Waals surface area contributed by atoms with Gasteiger partial charge in [0, 0.05) is 0 Å². The molecule has 0 radical (unpaired) electrons. The quantitative estimate of drug-likeness (QED) is 0.489. The minimum Gasteiger partial charge on any atom is -0.487 e. The zero-order chi connectivity index (χ0) is 15.1. The number of rotatable bonds is 5. The number of hydrogen-bond acceptors (Lipinski definition) is 5. The standard InChI is InChI=1S/C15H14N4O2/c16-9-8-11-4-6-13(7-5-11)21-10-12-2-1-3-14(18-12)15(20)19-17/h1-7H,8,10,17H2,(H,19,20). The van der Waals surface area contributed by atoms with Crippen LogP contribution in [0, 0.1) is 11.3 Å². The van der Waals surface area contributed by atoms with E-state index in [4.69, 9.17) is 15.8 Å². The molecule has 21 heavy (non-hydrogen) atoms. The first-order chi connectivity index (χ1) is 10.2. The van der Waals surface area contributed by atoms with Gasteiger partial charge >= 0.3 is 0 Å². The van der Waals surface area contributed by atoms with Crippen molar-refractivity contribution in [3.63, 3.8) is 0 Å². The molecule has 0 bridgehead atoms. The van der Waals surface area contributed by atoms with Crippen molar-refractivity contribution in [3.05, 3.63) is 59.4 Å². The predicted octanol–water partition coefficient (Wildman–Crippen LogP) is 1.33. The van der Waals surface area contributed by atoms with Gasteiger partial charge in [0.2, 0.25) is 0 Å². The minimum absolute atomic E-state index is 0.239. The van der Waals surface area contributed by atoms with E-state index in [-0.39, 0.29) is 12.3 Å². The molecule has 2 rings (SSSR count). The van der Waals surface area contributed by atoms with Crippen molar-refractivity contribution in [1.29, 1.82) is 5.26 Å². The number of hydrazine groups is 1. The third-order valence-corrected chi connectivity index (χ3v) is 2.76. The Morgan fingerprint density at radius 3 is 2.71 bits per heavy atom. The number of nitriles is 1. The lowest BCUT2D eigenvalue weighted by atomic mass is 10.2. The molecule has 6 heteroatoms. The summed E-state index contributed by atoms with van der Waals surface area (Å²) in [6.45, 7) is 0.239. The number of nitrogen functional groups attached to an aromatic ring is 1. The Morgan fingerprint density at radius 1 is 1.29 bits per heavy atom. The van der Waals surface area contributed by atoms with Crippen molar-refractivity contribution in [2.24, 2.45) is 5.84 Å². The summed E-state index contributed by atoms with van der Waals surface area (Å²) < 4.78 is 5.59. The van der Waals surface area contributed by atoms with Crippen LogP contribution in [0.1, 0.15) is 21.7 Å². The van der Waals surface area contributed by atoms with Crippen molar-refractivity contribution in [2.45, 2.75) is 13.0 Å². The normalized spacial score (nSPS) is 9.71. The van der Waals surface area contributed by atoms with Gasteiger partial charge in [0.05, 0.1) is 18.2 Å². The fourth-order valence-corrected chi connectivity index (χ4v) is 1.71. The zero-order valence-corrected chi connectivity index (χ0v) is 11.2. The molecule has 2 aromatic rings. The van der Waals surface area contributed by atoms with Gasteiger partial charge < -0.3 is 4.74 Å². The maximum absolute atomic E-state index is 11.4. The highest BCUT2D eigenvalue weighted by Gasteiger charge is 2.06. The summed E-state index contributed by atoms with van der Waals surface area (Å²) in [4.78, 5) is 15.5. The van der Waals surface area contributed by atoms with Gasteiger partial charge in [-0.3, -0.25) is 10.2 Å².